The minimum atomic E-state index is -3.78. The summed E-state index contributed by atoms with van der Waals surface area (Å²) in [6, 6.07) is 9.77. The molecular weight excluding hydrogens is 452 g/mol. The summed E-state index contributed by atoms with van der Waals surface area (Å²) in [6.45, 7) is 5.52. The van der Waals surface area contributed by atoms with Gasteiger partial charge in [-0.15, -0.1) is 0 Å². The van der Waals surface area contributed by atoms with Gasteiger partial charge in [0.15, 0.2) is 0 Å². The Labute approximate surface area is 173 Å². The fourth-order valence-electron chi connectivity index (χ4n) is 2.73. The lowest BCUT2D eigenvalue weighted by Crippen LogP contribution is -2.38. The third kappa shape index (κ3) is 5.31. The van der Waals surface area contributed by atoms with Crippen LogP contribution in [0.2, 0.25) is 5.02 Å². The average Bonchev–Trinajstić information content (AvgIpc) is 2.61. The van der Waals surface area contributed by atoms with Crippen LogP contribution in [0, 0.1) is 6.92 Å². The number of amides is 1. The Morgan fingerprint density at radius 3 is 2.37 bits per heavy atom. The van der Waals surface area contributed by atoms with Crippen LogP contribution >= 0.6 is 27.5 Å². The van der Waals surface area contributed by atoms with Gasteiger partial charge in [-0.25, -0.2) is 8.42 Å². The van der Waals surface area contributed by atoms with Crippen LogP contribution in [0.5, 0.6) is 0 Å². The van der Waals surface area contributed by atoms with Gasteiger partial charge < -0.3 is 5.32 Å². The van der Waals surface area contributed by atoms with Gasteiger partial charge in [-0.3, -0.25) is 4.79 Å². The van der Waals surface area contributed by atoms with Gasteiger partial charge in [-0.2, -0.15) is 4.31 Å². The van der Waals surface area contributed by atoms with Gasteiger partial charge >= 0.3 is 0 Å². The molecule has 146 valence electrons. The van der Waals surface area contributed by atoms with Crippen LogP contribution in [0.3, 0.4) is 0 Å². The molecule has 0 atom stereocenters. The normalized spacial score (nSPS) is 11.6. The average molecular weight is 474 g/mol. The molecule has 0 heterocycles. The quantitative estimate of drug-likeness (QED) is 0.638. The number of anilines is 1. The molecule has 0 aromatic heterocycles. The van der Waals surface area contributed by atoms with Crippen molar-refractivity contribution in [1.29, 1.82) is 0 Å². The highest BCUT2D eigenvalue weighted by atomic mass is 79.9. The summed E-state index contributed by atoms with van der Waals surface area (Å²) < 4.78 is 27.7. The highest BCUT2D eigenvalue weighted by molar-refractivity contribution is 9.10. The molecule has 2 aromatic rings. The van der Waals surface area contributed by atoms with E-state index in [2.05, 4.69) is 21.2 Å². The Balaban J connectivity index is 2.22. The van der Waals surface area contributed by atoms with Gasteiger partial charge in [-0.05, 0) is 60.9 Å². The van der Waals surface area contributed by atoms with E-state index in [1.807, 2.05) is 26.0 Å². The zero-order valence-corrected chi connectivity index (χ0v) is 18.6. The Bertz CT molecular complexity index is 931. The van der Waals surface area contributed by atoms with E-state index in [1.54, 1.807) is 6.92 Å². The van der Waals surface area contributed by atoms with E-state index < -0.39 is 10.0 Å². The monoisotopic (exact) mass is 472 g/mol. The molecular formula is C19H22BrClN2O3S. The van der Waals surface area contributed by atoms with Crippen molar-refractivity contribution in [3.63, 3.8) is 0 Å². The van der Waals surface area contributed by atoms with Crippen molar-refractivity contribution in [1.82, 2.24) is 4.31 Å². The molecule has 0 aliphatic carbocycles. The Morgan fingerprint density at radius 1 is 1.19 bits per heavy atom. The number of sulfonamides is 1. The summed E-state index contributed by atoms with van der Waals surface area (Å²) in [6.07, 6.45) is 0.746. The lowest BCUT2D eigenvalue weighted by Gasteiger charge is -2.21. The molecule has 0 aliphatic heterocycles. The minimum Gasteiger partial charge on any atom is -0.324 e. The highest BCUT2D eigenvalue weighted by Crippen LogP contribution is 2.26. The summed E-state index contributed by atoms with van der Waals surface area (Å²) in [7, 11) is -3.78. The number of hydrogen-bond donors (Lipinski definition) is 1. The molecule has 2 aromatic carbocycles. The minimum absolute atomic E-state index is 0.107. The lowest BCUT2D eigenvalue weighted by molar-refractivity contribution is -0.116. The fraction of sp³-hybridized carbons (Fsp3) is 0.316. The molecule has 8 heteroatoms. The number of rotatable bonds is 7. The van der Waals surface area contributed by atoms with Gasteiger partial charge in [0.2, 0.25) is 15.9 Å². The second-order valence-electron chi connectivity index (χ2n) is 6.04. The molecule has 2 rings (SSSR count). The second kappa shape index (κ2) is 9.19. The van der Waals surface area contributed by atoms with Gasteiger partial charge in [0.1, 0.15) is 0 Å². The van der Waals surface area contributed by atoms with Crippen LogP contribution in [0.1, 0.15) is 25.0 Å². The topological polar surface area (TPSA) is 66.5 Å². The third-order valence-corrected chi connectivity index (χ3v) is 6.80. The predicted molar refractivity (Wildman–Crippen MR) is 113 cm³/mol. The van der Waals surface area contributed by atoms with Crippen LogP contribution in [0.15, 0.2) is 45.8 Å². The molecule has 0 unspecified atom stereocenters. The number of halogens is 2. The number of nitrogens with zero attached hydrogens (tertiary/aromatic N) is 1. The van der Waals surface area contributed by atoms with Gasteiger partial charge in [-0.1, -0.05) is 41.4 Å². The largest absolute Gasteiger partial charge is 0.324 e. The number of likely N-dealkylation sites (N-methyl/N-ethyl adjacent to an activating group) is 1. The van der Waals surface area contributed by atoms with Crippen molar-refractivity contribution in [2.45, 2.75) is 32.1 Å². The molecule has 0 radical (unpaired) electrons. The standard InChI is InChI=1S/C19H22BrClN2O3S/c1-4-14-11-15(20)10-13(3)19(14)22-18(24)12-23(5-2)27(25,26)17-8-6-16(21)7-9-17/h6-11H,4-5,12H2,1-3H3,(H,22,24). The van der Waals surface area contributed by atoms with Crippen LogP contribution < -0.4 is 5.32 Å². The van der Waals surface area contributed by atoms with E-state index in [0.29, 0.717) is 5.02 Å². The first kappa shape index (κ1) is 21.9. The number of benzene rings is 2. The second-order valence-corrected chi connectivity index (χ2v) is 9.33. The van der Waals surface area contributed by atoms with Crippen molar-refractivity contribution in [2.24, 2.45) is 0 Å². The molecule has 0 fully saturated rings. The number of hydrogen-bond acceptors (Lipinski definition) is 3. The predicted octanol–water partition coefficient (Wildman–Crippen LogP) is 4.62. The summed E-state index contributed by atoms with van der Waals surface area (Å²) in [5.74, 6) is -0.380. The maximum Gasteiger partial charge on any atom is 0.243 e. The molecule has 1 N–H and O–H groups in total. The number of carbonyl (C=O) groups is 1. The first-order valence-corrected chi connectivity index (χ1v) is 11.1. The van der Waals surface area contributed by atoms with Crippen LogP contribution in [0.4, 0.5) is 5.69 Å². The zero-order valence-electron chi connectivity index (χ0n) is 15.4. The van der Waals surface area contributed by atoms with Crippen molar-refractivity contribution in [3.05, 3.63) is 57.0 Å². The van der Waals surface area contributed by atoms with Gasteiger partial charge in [0.25, 0.3) is 0 Å². The summed E-state index contributed by atoms with van der Waals surface area (Å²) in [5.41, 5.74) is 2.63. The zero-order chi connectivity index (χ0) is 20.2. The number of aryl methyl sites for hydroxylation is 2. The third-order valence-electron chi connectivity index (χ3n) is 4.15. The van der Waals surface area contributed by atoms with E-state index in [-0.39, 0.29) is 23.9 Å². The van der Waals surface area contributed by atoms with Gasteiger partial charge in [0.05, 0.1) is 11.4 Å². The van der Waals surface area contributed by atoms with E-state index in [1.165, 1.54) is 24.3 Å². The summed E-state index contributed by atoms with van der Waals surface area (Å²) in [4.78, 5) is 12.7. The number of carbonyl (C=O) groups excluding carboxylic acids is 1. The first-order chi connectivity index (χ1) is 12.7. The van der Waals surface area contributed by atoms with Crippen molar-refractivity contribution < 1.29 is 13.2 Å². The fourth-order valence-corrected chi connectivity index (χ4v) is 4.88. The molecule has 0 saturated heterocycles. The molecule has 0 aliphatic rings. The van der Waals surface area contributed by atoms with Crippen LogP contribution in [0.25, 0.3) is 0 Å². The molecule has 27 heavy (non-hydrogen) atoms. The van der Waals surface area contributed by atoms with E-state index in [9.17, 15) is 13.2 Å². The van der Waals surface area contributed by atoms with Crippen molar-refractivity contribution >= 4 is 49.1 Å². The molecule has 1 amide bonds. The van der Waals surface area contributed by atoms with E-state index >= 15 is 0 Å². The van der Waals surface area contributed by atoms with Crippen LogP contribution in [-0.2, 0) is 21.2 Å². The Morgan fingerprint density at radius 2 is 1.81 bits per heavy atom. The Hall–Kier alpha value is -1.41. The first-order valence-electron chi connectivity index (χ1n) is 8.53. The maximum atomic E-state index is 12.8. The molecule has 0 saturated carbocycles. The van der Waals surface area contributed by atoms with Crippen molar-refractivity contribution in [2.75, 3.05) is 18.4 Å². The molecule has 0 spiro atoms. The van der Waals surface area contributed by atoms with E-state index in [4.69, 9.17) is 11.6 Å². The molecule has 0 bridgehead atoms. The number of nitrogens with one attached hydrogen (secondary N) is 1. The summed E-state index contributed by atoms with van der Waals surface area (Å²) >= 11 is 9.28. The Kier molecular flexibility index (Phi) is 7.45. The lowest BCUT2D eigenvalue weighted by atomic mass is 10.1. The van der Waals surface area contributed by atoms with Crippen LogP contribution in [-0.4, -0.2) is 31.7 Å². The maximum absolute atomic E-state index is 12.8. The molecule has 5 nitrogen and oxygen atoms in total. The van der Waals surface area contributed by atoms with Crippen molar-refractivity contribution in [3.8, 4) is 0 Å². The highest BCUT2D eigenvalue weighted by Gasteiger charge is 2.25. The van der Waals surface area contributed by atoms with Gasteiger partial charge in [0, 0.05) is 21.7 Å². The summed E-state index contributed by atoms with van der Waals surface area (Å²) in [5, 5.41) is 3.32. The smallest absolute Gasteiger partial charge is 0.243 e. The van der Waals surface area contributed by atoms with E-state index in [0.717, 1.165) is 32.0 Å². The SMILES string of the molecule is CCc1cc(Br)cc(C)c1NC(=O)CN(CC)S(=O)(=O)c1ccc(Cl)cc1.